The van der Waals surface area contributed by atoms with Crippen LogP contribution in [-0.4, -0.2) is 25.2 Å². The van der Waals surface area contributed by atoms with Crippen LogP contribution in [0.4, 0.5) is 5.69 Å². The zero-order valence-electron chi connectivity index (χ0n) is 8.61. The molecule has 0 spiro atoms. The Balaban J connectivity index is 1.89. The number of nitrogens with zero attached hydrogens (tertiary/aromatic N) is 1. The monoisotopic (exact) mass is 189 g/mol. The van der Waals surface area contributed by atoms with Crippen LogP contribution in [-0.2, 0) is 0 Å². The van der Waals surface area contributed by atoms with E-state index in [4.69, 9.17) is 0 Å². The number of hydrogen-bond acceptors (Lipinski definition) is 1. The van der Waals surface area contributed by atoms with Crippen LogP contribution in [0.15, 0.2) is 24.3 Å². The molecule has 2 nitrogen and oxygen atoms in total. The maximum atomic E-state index is 2.58. The summed E-state index contributed by atoms with van der Waals surface area (Å²) < 4.78 is 0. The highest BCUT2D eigenvalue weighted by Crippen LogP contribution is 2.26. The van der Waals surface area contributed by atoms with Gasteiger partial charge in [0.25, 0.3) is 0 Å². The summed E-state index contributed by atoms with van der Waals surface area (Å²) in [6.07, 6.45) is 1.38. The zero-order valence-corrected chi connectivity index (χ0v) is 8.61. The predicted molar refractivity (Wildman–Crippen MR) is 57.5 cm³/mol. The largest absolute Gasteiger partial charge is 0.357 e. The van der Waals surface area contributed by atoms with Crippen molar-refractivity contribution < 1.29 is 5.32 Å². The van der Waals surface area contributed by atoms with Gasteiger partial charge in [-0.1, -0.05) is 12.1 Å². The molecule has 2 heteroatoms. The highest BCUT2D eigenvalue weighted by atomic mass is 15.3. The maximum absolute atomic E-state index is 2.58. The summed E-state index contributed by atoms with van der Waals surface area (Å²) in [5.74, 6) is 0. The number of hydrogen-bond donors (Lipinski definition) is 1. The normalized spacial score (nSPS) is 29.9. The van der Waals surface area contributed by atoms with Crippen LogP contribution in [0.2, 0.25) is 0 Å². The number of piperazine rings is 1. The van der Waals surface area contributed by atoms with Crippen molar-refractivity contribution in [3.8, 4) is 0 Å². The number of benzene rings is 1. The van der Waals surface area contributed by atoms with Crippen LogP contribution in [0.25, 0.3) is 0 Å². The number of fused-ring (bicyclic) bond motifs is 2. The van der Waals surface area contributed by atoms with Crippen molar-refractivity contribution >= 4 is 5.69 Å². The fraction of sp³-hybridized carbons (Fsp3) is 0.500. The third-order valence-corrected chi connectivity index (χ3v) is 3.52. The summed E-state index contributed by atoms with van der Waals surface area (Å²) in [7, 11) is 0. The molecule has 0 saturated carbocycles. The molecule has 2 atom stereocenters. The molecule has 2 heterocycles. The van der Waals surface area contributed by atoms with E-state index in [1.165, 1.54) is 30.8 Å². The summed E-state index contributed by atoms with van der Waals surface area (Å²) in [5, 5.41) is 2.50. The van der Waals surface area contributed by atoms with Crippen LogP contribution in [0.3, 0.4) is 0 Å². The Bertz CT molecular complexity index is 348. The molecule has 2 fully saturated rings. The molecule has 0 amide bonds. The second-order valence-corrected chi connectivity index (χ2v) is 4.61. The van der Waals surface area contributed by atoms with E-state index in [1.54, 1.807) is 0 Å². The van der Waals surface area contributed by atoms with Gasteiger partial charge in [0.1, 0.15) is 6.04 Å². The van der Waals surface area contributed by atoms with Gasteiger partial charge >= 0.3 is 0 Å². The van der Waals surface area contributed by atoms with E-state index >= 15 is 0 Å². The Morgan fingerprint density at radius 2 is 2.36 bits per heavy atom. The lowest BCUT2D eigenvalue weighted by Crippen LogP contribution is -2.91. The smallest absolute Gasteiger partial charge is 0.106 e. The summed E-state index contributed by atoms with van der Waals surface area (Å²) in [5.41, 5.74) is 2.79. The third kappa shape index (κ3) is 1.22. The van der Waals surface area contributed by atoms with Gasteiger partial charge in [0, 0.05) is 12.1 Å². The van der Waals surface area contributed by atoms with Gasteiger partial charge in [-0.25, -0.2) is 0 Å². The average molecular weight is 189 g/mol. The van der Waals surface area contributed by atoms with Gasteiger partial charge in [0.05, 0.1) is 19.1 Å². The first-order valence-electron chi connectivity index (χ1n) is 5.49. The van der Waals surface area contributed by atoms with Gasteiger partial charge in [-0.2, -0.15) is 0 Å². The van der Waals surface area contributed by atoms with Crippen molar-refractivity contribution in [1.29, 1.82) is 0 Å². The molecular formula is C12H17N2+. The molecule has 0 aromatic heterocycles. The summed E-state index contributed by atoms with van der Waals surface area (Å²) in [6, 6.07) is 10.5. The molecule has 2 saturated heterocycles. The van der Waals surface area contributed by atoms with Gasteiger partial charge in [0.15, 0.2) is 0 Å². The van der Waals surface area contributed by atoms with Crippen molar-refractivity contribution in [2.24, 2.45) is 0 Å². The topological polar surface area (TPSA) is 19.9 Å². The maximum Gasteiger partial charge on any atom is 0.106 e. The van der Waals surface area contributed by atoms with E-state index in [0.29, 0.717) is 0 Å². The fourth-order valence-corrected chi connectivity index (χ4v) is 2.82. The molecule has 1 aromatic carbocycles. The van der Waals surface area contributed by atoms with Gasteiger partial charge in [-0.05, 0) is 24.6 Å². The Morgan fingerprint density at radius 3 is 3.00 bits per heavy atom. The SMILES string of the molecule is Cc1cccc(N2C[C@@H]3C[C@H]2C[NH2+]3)c1. The van der Waals surface area contributed by atoms with Crippen LogP contribution in [0, 0.1) is 6.92 Å². The molecule has 0 unspecified atom stereocenters. The molecule has 3 rings (SSSR count). The highest BCUT2D eigenvalue weighted by molar-refractivity contribution is 5.51. The lowest BCUT2D eigenvalue weighted by molar-refractivity contribution is -0.672. The molecule has 0 aliphatic carbocycles. The minimum absolute atomic E-state index is 0.793. The van der Waals surface area contributed by atoms with Crippen LogP contribution in [0.5, 0.6) is 0 Å². The zero-order chi connectivity index (χ0) is 9.54. The second-order valence-electron chi connectivity index (χ2n) is 4.61. The first-order valence-corrected chi connectivity index (χ1v) is 5.49. The Kier molecular flexibility index (Phi) is 1.77. The molecule has 0 radical (unpaired) electrons. The minimum atomic E-state index is 0.793. The Morgan fingerprint density at radius 1 is 1.43 bits per heavy atom. The third-order valence-electron chi connectivity index (χ3n) is 3.52. The van der Waals surface area contributed by atoms with E-state index in [1.807, 2.05) is 0 Å². The second kappa shape index (κ2) is 2.99. The van der Waals surface area contributed by atoms with E-state index < -0.39 is 0 Å². The fourth-order valence-electron chi connectivity index (χ4n) is 2.82. The van der Waals surface area contributed by atoms with E-state index in [2.05, 4.69) is 41.4 Å². The summed E-state index contributed by atoms with van der Waals surface area (Å²) >= 11 is 0. The number of quaternary nitrogens is 1. The van der Waals surface area contributed by atoms with Crippen molar-refractivity contribution in [3.63, 3.8) is 0 Å². The predicted octanol–water partition coefficient (Wildman–Crippen LogP) is 0.519. The minimum Gasteiger partial charge on any atom is -0.357 e. The van der Waals surface area contributed by atoms with Gasteiger partial charge in [-0.3, -0.25) is 0 Å². The van der Waals surface area contributed by atoms with Gasteiger partial charge in [-0.15, -0.1) is 0 Å². The quantitative estimate of drug-likeness (QED) is 0.682. The van der Waals surface area contributed by atoms with Crippen molar-refractivity contribution in [3.05, 3.63) is 29.8 Å². The van der Waals surface area contributed by atoms with Crippen LogP contribution in [0.1, 0.15) is 12.0 Å². The molecule has 2 bridgehead atoms. The van der Waals surface area contributed by atoms with Crippen LogP contribution >= 0.6 is 0 Å². The van der Waals surface area contributed by atoms with E-state index in [9.17, 15) is 0 Å². The lowest BCUT2D eigenvalue weighted by atomic mass is 10.2. The summed E-state index contributed by atoms with van der Waals surface area (Å²) in [4.78, 5) is 2.58. The number of nitrogens with two attached hydrogens (primary N) is 1. The average Bonchev–Trinajstić information content (AvgIpc) is 2.78. The first kappa shape index (κ1) is 8.30. The van der Waals surface area contributed by atoms with E-state index in [-0.39, 0.29) is 0 Å². The molecular weight excluding hydrogens is 172 g/mol. The van der Waals surface area contributed by atoms with E-state index in [0.717, 1.165) is 12.1 Å². The van der Waals surface area contributed by atoms with Crippen LogP contribution < -0.4 is 10.2 Å². The molecule has 2 N–H and O–H groups in total. The van der Waals surface area contributed by atoms with Crippen molar-refractivity contribution in [2.75, 3.05) is 18.0 Å². The van der Waals surface area contributed by atoms with Crippen molar-refractivity contribution in [1.82, 2.24) is 0 Å². The van der Waals surface area contributed by atoms with Crippen molar-refractivity contribution in [2.45, 2.75) is 25.4 Å². The molecule has 2 aliphatic rings. The molecule has 74 valence electrons. The molecule has 1 aromatic rings. The Labute approximate surface area is 84.9 Å². The van der Waals surface area contributed by atoms with Gasteiger partial charge < -0.3 is 10.2 Å². The summed E-state index contributed by atoms with van der Waals surface area (Å²) in [6.45, 7) is 4.71. The number of anilines is 1. The first-order chi connectivity index (χ1) is 6.83. The molecule has 14 heavy (non-hydrogen) atoms. The van der Waals surface area contributed by atoms with Gasteiger partial charge in [0.2, 0.25) is 0 Å². The number of rotatable bonds is 1. The molecule has 2 aliphatic heterocycles. The Hall–Kier alpha value is -1.02. The number of aryl methyl sites for hydroxylation is 1. The lowest BCUT2D eigenvalue weighted by Gasteiger charge is -2.27. The standard InChI is InChI=1S/C12H16N2/c1-9-3-2-4-11(5-9)14-8-10-6-12(14)7-13-10/h2-5,10,12-13H,6-8H2,1H3/p+1/t10-,12-/m0/s1. The highest BCUT2D eigenvalue weighted by Gasteiger charge is 2.41.